The maximum absolute atomic E-state index is 11.5. The minimum Gasteiger partial charge on any atom is -0.346 e. The number of pyridine rings is 1. The van der Waals surface area contributed by atoms with Gasteiger partial charge in [-0.05, 0) is 12.1 Å². The highest BCUT2D eigenvalue weighted by molar-refractivity contribution is 6.34. The molecule has 0 aliphatic rings. The summed E-state index contributed by atoms with van der Waals surface area (Å²) in [6.45, 7) is 3.59. The molecule has 0 aliphatic carbocycles. The molecule has 0 saturated heterocycles. The Morgan fingerprint density at radius 3 is 2.73 bits per heavy atom. The Morgan fingerprint density at radius 1 is 1.47 bits per heavy atom. The lowest BCUT2D eigenvalue weighted by atomic mass is 10.3. The number of nitrogens with one attached hydrogen (secondary N) is 1. The van der Waals surface area contributed by atoms with Gasteiger partial charge in [0, 0.05) is 5.03 Å². The average Bonchev–Trinajstić information content (AvgIpc) is 2.18. The molecule has 0 aromatic carbocycles. The van der Waals surface area contributed by atoms with Gasteiger partial charge >= 0.3 is 0 Å². The van der Waals surface area contributed by atoms with E-state index >= 15 is 0 Å². The molecule has 1 aromatic heterocycles. The number of carbonyl (C=O) groups excluding carboxylic acids is 1. The highest BCUT2D eigenvalue weighted by Crippen LogP contribution is 2.16. The van der Waals surface area contributed by atoms with E-state index in [-0.39, 0.29) is 22.4 Å². The van der Waals surface area contributed by atoms with Gasteiger partial charge in [-0.2, -0.15) is 0 Å². The molecule has 0 saturated carbocycles. The number of halogens is 3. The number of aromatic nitrogens is 1. The van der Waals surface area contributed by atoms with Gasteiger partial charge in [0.15, 0.2) is 0 Å². The molecule has 1 aromatic rings. The second-order valence-electron chi connectivity index (χ2n) is 2.66. The van der Waals surface area contributed by atoms with E-state index in [0.717, 1.165) is 0 Å². The van der Waals surface area contributed by atoms with E-state index in [0.29, 0.717) is 5.03 Å². The van der Waals surface area contributed by atoms with Gasteiger partial charge in [0.25, 0.3) is 5.91 Å². The van der Waals surface area contributed by atoms with Gasteiger partial charge in [0.05, 0.1) is 11.6 Å². The summed E-state index contributed by atoms with van der Waals surface area (Å²) >= 11 is 16.9. The minimum atomic E-state index is -0.440. The number of rotatable bonds is 3. The summed E-state index contributed by atoms with van der Waals surface area (Å²) in [4.78, 5) is 15.3. The quantitative estimate of drug-likeness (QED) is 0.854. The summed E-state index contributed by atoms with van der Waals surface area (Å²) in [7, 11) is 0. The molecule has 3 nitrogen and oxygen atoms in total. The van der Waals surface area contributed by atoms with Crippen LogP contribution in [0.4, 0.5) is 0 Å². The van der Waals surface area contributed by atoms with Crippen molar-refractivity contribution in [2.24, 2.45) is 0 Å². The average molecular weight is 266 g/mol. The third-order valence-electron chi connectivity index (χ3n) is 1.47. The topological polar surface area (TPSA) is 42.0 Å². The molecule has 15 heavy (non-hydrogen) atoms. The Labute approximate surface area is 102 Å². The summed E-state index contributed by atoms with van der Waals surface area (Å²) < 4.78 is 0. The first-order valence-corrected chi connectivity index (χ1v) is 5.07. The van der Waals surface area contributed by atoms with Crippen LogP contribution >= 0.6 is 34.8 Å². The zero-order chi connectivity index (χ0) is 11.4. The van der Waals surface area contributed by atoms with E-state index in [4.69, 9.17) is 34.8 Å². The van der Waals surface area contributed by atoms with Crippen molar-refractivity contribution in [1.29, 1.82) is 0 Å². The number of carbonyl (C=O) groups is 1. The molecule has 1 amide bonds. The molecule has 80 valence electrons. The fraction of sp³-hybridized carbons (Fsp3) is 0.111. The zero-order valence-corrected chi connectivity index (χ0v) is 9.83. The summed E-state index contributed by atoms with van der Waals surface area (Å²) in [5.41, 5.74) is 0.0714. The molecule has 1 rings (SSSR count). The molecule has 1 heterocycles. The summed E-state index contributed by atoms with van der Waals surface area (Å²) in [5.74, 6) is -0.440. The summed E-state index contributed by atoms with van der Waals surface area (Å²) in [6.07, 6.45) is 0. The van der Waals surface area contributed by atoms with Crippen molar-refractivity contribution in [3.63, 3.8) is 0 Å². The van der Waals surface area contributed by atoms with Crippen molar-refractivity contribution in [3.8, 4) is 0 Å². The molecule has 6 heteroatoms. The lowest BCUT2D eigenvalue weighted by Crippen LogP contribution is -2.25. The van der Waals surface area contributed by atoms with Crippen LogP contribution in [-0.2, 0) is 0 Å². The largest absolute Gasteiger partial charge is 0.346 e. The van der Waals surface area contributed by atoms with E-state index < -0.39 is 5.91 Å². The van der Waals surface area contributed by atoms with E-state index in [9.17, 15) is 4.79 Å². The number of amides is 1. The molecule has 1 N–H and O–H groups in total. The van der Waals surface area contributed by atoms with E-state index in [1.54, 1.807) is 0 Å². The first kappa shape index (κ1) is 12.3. The molecule has 0 radical (unpaired) electrons. The van der Waals surface area contributed by atoms with Crippen LogP contribution in [-0.4, -0.2) is 17.4 Å². The van der Waals surface area contributed by atoms with Gasteiger partial charge in [-0.1, -0.05) is 41.4 Å². The van der Waals surface area contributed by atoms with Crippen molar-refractivity contribution >= 4 is 40.7 Å². The molecule has 0 bridgehead atoms. The lowest BCUT2D eigenvalue weighted by molar-refractivity contribution is 0.0953. The Kier molecular flexibility index (Phi) is 4.39. The summed E-state index contributed by atoms with van der Waals surface area (Å²) in [6, 6.07) is 3.00. The fourth-order valence-electron chi connectivity index (χ4n) is 0.837. The maximum atomic E-state index is 11.5. The predicted molar refractivity (Wildman–Crippen MR) is 61.6 cm³/mol. The minimum absolute atomic E-state index is 0.0714. The Hall–Kier alpha value is -0.770. The van der Waals surface area contributed by atoms with Gasteiger partial charge in [0.1, 0.15) is 10.8 Å². The predicted octanol–water partition coefficient (Wildman–Crippen LogP) is 2.87. The van der Waals surface area contributed by atoms with Crippen molar-refractivity contribution in [2.75, 3.05) is 6.54 Å². The van der Waals surface area contributed by atoms with Crippen molar-refractivity contribution in [1.82, 2.24) is 10.3 Å². The molecular formula is C9H7Cl3N2O. The second-order valence-corrected chi connectivity index (χ2v) is 3.99. The smallest absolute Gasteiger partial charge is 0.271 e. The standard InChI is InChI=1S/C9H7Cl3N2O/c1-5(10)4-13-9(15)8-6(11)2-3-7(12)14-8/h2-3H,1,4H2,(H,13,15). The van der Waals surface area contributed by atoms with Crippen LogP contribution in [0.25, 0.3) is 0 Å². The first-order chi connectivity index (χ1) is 7.00. The maximum Gasteiger partial charge on any atom is 0.271 e. The molecule has 0 aliphatic heterocycles. The van der Waals surface area contributed by atoms with Crippen LogP contribution in [0, 0.1) is 0 Å². The lowest BCUT2D eigenvalue weighted by Gasteiger charge is -2.04. The third kappa shape index (κ3) is 3.70. The van der Waals surface area contributed by atoms with Gasteiger partial charge in [-0.3, -0.25) is 4.79 Å². The Morgan fingerprint density at radius 2 is 2.13 bits per heavy atom. The molecule has 0 spiro atoms. The van der Waals surface area contributed by atoms with Crippen LogP contribution in [0.1, 0.15) is 10.5 Å². The van der Waals surface area contributed by atoms with E-state index in [2.05, 4.69) is 16.9 Å². The number of hydrogen-bond donors (Lipinski definition) is 1. The van der Waals surface area contributed by atoms with Crippen molar-refractivity contribution < 1.29 is 4.79 Å². The SMILES string of the molecule is C=C(Cl)CNC(=O)c1nc(Cl)ccc1Cl. The van der Waals surface area contributed by atoms with Crippen molar-refractivity contribution in [3.05, 3.63) is 39.6 Å². The van der Waals surface area contributed by atoms with Crippen LogP contribution in [0.2, 0.25) is 10.2 Å². The normalized spacial score (nSPS) is 9.80. The van der Waals surface area contributed by atoms with Crippen molar-refractivity contribution in [2.45, 2.75) is 0 Å². The van der Waals surface area contributed by atoms with Gasteiger partial charge in [-0.25, -0.2) is 4.98 Å². The highest BCUT2D eigenvalue weighted by atomic mass is 35.5. The zero-order valence-electron chi connectivity index (χ0n) is 7.56. The monoisotopic (exact) mass is 264 g/mol. The van der Waals surface area contributed by atoms with E-state index in [1.165, 1.54) is 12.1 Å². The molecular weight excluding hydrogens is 258 g/mol. The van der Waals surface area contributed by atoms with Crippen LogP contribution in [0.3, 0.4) is 0 Å². The second kappa shape index (κ2) is 5.35. The molecule has 0 fully saturated rings. The van der Waals surface area contributed by atoms with E-state index in [1.807, 2.05) is 0 Å². The Balaban J connectivity index is 2.81. The number of nitrogens with zero attached hydrogens (tertiary/aromatic N) is 1. The highest BCUT2D eigenvalue weighted by Gasteiger charge is 2.12. The van der Waals surface area contributed by atoms with Gasteiger partial charge in [0.2, 0.25) is 0 Å². The Bertz CT molecular complexity index is 406. The molecule has 0 atom stereocenters. The van der Waals surface area contributed by atoms with Crippen LogP contribution < -0.4 is 5.32 Å². The molecule has 0 unspecified atom stereocenters. The number of hydrogen-bond acceptors (Lipinski definition) is 2. The first-order valence-electron chi connectivity index (χ1n) is 3.94. The van der Waals surface area contributed by atoms with Crippen LogP contribution in [0.5, 0.6) is 0 Å². The van der Waals surface area contributed by atoms with Crippen LogP contribution in [0.15, 0.2) is 23.7 Å². The summed E-state index contributed by atoms with van der Waals surface area (Å²) in [5, 5.41) is 3.25. The van der Waals surface area contributed by atoms with Gasteiger partial charge < -0.3 is 5.32 Å². The van der Waals surface area contributed by atoms with Gasteiger partial charge in [-0.15, -0.1) is 0 Å². The fourth-order valence-corrected chi connectivity index (χ4v) is 1.24. The third-order valence-corrected chi connectivity index (χ3v) is 2.12.